The molecular weight excluding hydrogens is 244 g/mol. The van der Waals surface area contributed by atoms with Crippen molar-refractivity contribution in [2.45, 2.75) is 38.1 Å². The Kier molecular flexibility index (Phi) is 4.78. The second kappa shape index (κ2) is 6.34. The molecule has 1 amide bonds. The third-order valence-electron chi connectivity index (χ3n) is 4.00. The number of amides is 1. The molecule has 1 fully saturated rings. The Morgan fingerprint density at radius 1 is 1.50 bits per heavy atom. The standard InChI is InChI=1S/C14H22N2OS/c1-16(13-5-3-2-4-12(13)9-15)14(17)8-11-6-7-18-10-11/h6-7,10,12-13H,2-5,8-9,15H2,1H3. The first-order valence-electron chi connectivity index (χ1n) is 6.69. The summed E-state index contributed by atoms with van der Waals surface area (Å²) >= 11 is 1.64. The molecule has 0 saturated heterocycles. The molecule has 1 aromatic rings. The fraction of sp³-hybridized carbons (Fsp3) is 0.643. The van der Waals surface area contributed by atoms with Crippen LogP contribution in [-0.2, 0) is 11.2 Å². The van der Waals surface area contributed by atoms with Crippen LogP contribution in [0, 0.1) is 5.92 Å². The van der Waals surface area contributed by atoms with Crippen LogP contribution in [0.2, 0.25) is 0 Å². The number of thiophene rings is 1. The Bertz CT molecular complexity index is 377. The zero-order valence-electron chi connectivity index (χ0n) is 11.0. The van der Waals surface area contributed by atoms with E-state index < -0.39 is 0 Å². The maximum absolute atomic E-state index is 12.3. The number of rotatable bonds is 4. The van der Waals surface area contributed by atoms with Gasteiger partial charge < -0.3 is 10.6 Å². The molecule has 1 heterocycles. The van der Waals surface area contributed by atoms with Gasteiger partial charge in [-0.05, 0) is 47.7 Å². The molecule has 1 saturated carbocycles. The van der Waals surface area contributed by atoms with Crippen LogP contribution in [0.5, 0.6) is 0 Å². The van der Waals surface area contributed by atoms with Crippen LogP contribution in [-0.4, -0.2) is 30.4 Å². The van der Waals surface area contributed by atoms with Gasteiger partial charge in [-0.25, -0.2) is 0 Å². The van der Waals surface area contributed by atoms with Gasteiger partial charge in [0.15, 0.2) is 0 Å². The Labute approximate surface area is 113 Å². The molecule has 3 nitrogen and oxygen atoms in total. The van der Waals surface area contributed by atoms with E-state index in [1.807, 2.05) is 28.8 Å². The molecule has 2 rings (SSSR count). The average molecular weight is 266 g/mol. The summed E-state index contributed by atoms with van der Waals surface area (Å²) in [4.78, 5) is 14.2. The number of nitrogens with zero attached hydrogens (tertiary/aromatic N) is 1. The maximum Gasteiger partial charge on any atom is 0.227 e. The van der Waals surface area contributed by atoms with Crippen molar-refractivity contribution in [1.29, 1.82) is 0 Å². The molecule has 0 aliphatic heterocycles. The quantitative estimate of drug-likeness (QED) is 0.908. The minimum Gasteiger partial charge on any atom is -0.342 e. The topological polar surface area (TPSA) is 46.3 Å². The third-order valence-corrected chi connectivity index (χ3v) is 4.73. The number of carbonyl (C=O) groups excluding carboxylic acids is 1. The Morgan fingerprint density at radius 3 is 2.94 bits per heavy atom. The molecule has 0 spiro atoms. The van der Waals surface area contributed by atoms with Gasteiger partial charge in [0, 0.05) is 13.1 Å². The normalized spacial score (nSPS) is 23.9. The highest BCUT2D eigenvalue weighted by molar-refractivity contribution is 7.07. The van der Waals surface area contributed by atoms with Crippen molar-refractivity contribution in [2.24, 2.45) is 11.7 Å². The number of nitrogens with two attached hydrogens (primary N) is 1. The zero-order chi connectivity index (χ0) is 13.0. The van der Waals surface area contributed by atoms with Gasteiger partial charge in [0.2, 0.25) is 5.91 Å². The van der Waals surface area contributed by atoms with Gasteiger partial charge in [-0.1, -0.05) is 12.8 Å². The van der Waals surface area contributed by atoms with Gasteiger partial charge >= 0.3 is 0 Å². The fourth-order valence-corrected chi connectivity index (χ4v) is 3.52. The van der Waals surface area contributed by atoms with Crippen LogP contribution in [0.4, 0.5) is 0 Å². The molecule has 18 heavy (non-hydrogen) atoms. The fourth-order valence-electron chi connectivity index (χ4n) is 2.85. The Balaban J connectivity index is 1.96. The van der Waals surface area contributed by atoms with Crippen molar-refractivity contribution in [1.82, 2.24) is 4.90 Å². The van der Waals surface area contributed by atoms with E-state index in [0.717, 1.165) is 18.4 Å². The number of hydrogen-bond acceptors (Lipinski definition) is 3. The summed E-state index contributed by atoms with van der Waals surface area (Å²) in [5, 5.41) is 4.07. The van der Waals surface area contributed by atoms with E-state index in [1.165, 1.54) is 12.8 Å². The van der Waals surface area contributed by atoms with E-state index in [1.54, 1.807) is 11.3 Å². The van der Waals surface area contributed by atoms with Gasteiger partial charge in [-0.3, -0.25) is 4.79 Å². The first-order chi connectivity index (χ1) is 8.72. The molecule has 0 aromatic carbocycles. The van der Waals surface area contributed by atoms with Gasteiger partial charge in [0.1, 0.15) is 0 Å². The van der Waals surface area contributed by atoms with Crippen LogP contribution < -0.4 is 5.73 Å². The molecule has 100 valence electrons. The lowest BCUT2D eigenvalue weighted by molar-refractivity contribution is -0.132. The zero-order valence-corrected chi connectivity index (χ0v) is 11.8. The SMILES string of the molecule is CN(C(=O)Cc1ccsc1)C1CCCCC1CN. The molecule has 0 bridgehead atoms. The van der Waals surface area contributed by atoms with E-state index >= 15 is 0 Å². The van der Waals surface area contributed by atoms with Crippen LogP contribution in [0.25, 0.3) is 0 Å². The van der Waals surface area contributed by atoms with E-state index in [4.69, 9.17) is 5.73 Å². The molecule has 1 aliphatic carbocycles. The average Bonchev–Trinajstić information content (AvgIpc) is 2.90. The van der Waals surface area contributed by atoms with Gasteiger partial charge in [-0.15, -0.1) is 0 Å². The lowest BCUT2D eigenvalue weighted by Crippen LogP contribution is -2.46. The predicted molar refractivity (Wildman–Crippen MR) is 75.6 cm³/mol. The summed E-state index contributed by atoms with van der Waals surface area (Å²) in [5.74, 6) is 0.703. The minimum atomic E-state index is 0.221. The molecule has 2 N–H and O–H groups in total. The monoisotopic (exact) mass is 266 g/mol. The van der Waals surface area contributed by atoms with E-state index in [9.17, 15) is 4.79 Å². The van der Waals surface area contributed by atoms with Crippen LogP contribution in [0.15, 0.2) is 16.8 Å². The van der Waals surface area contributed by atoms with Gasteiger partial charge in [0.25, 0.3) is 0 Å². The van der Waals surface area contributed by atoms with Gasteiger partial charge in [-0.2, -0.15) is 11.3 Å². The van der Waals surface area contributed by atoms with Crippen molar-refractivity contribution in [3.63, 3.8) is 0 Å². The molecule has 0 radical (unpaired) electrons. The van der Waals surface area contributed by atoms with E-state index in [0.29, 0.717) is 24.9 Å². The largest absolute Gasteiger partial charge is 0.342 e. The van der Waals surface area contributed by atoms with Crippen molar-refractivity contribution < 1.29 is 4.79 Å². The Morgan fingerprint density at radius 2 is 2.28 bits per heavy atom. The predicted octanol–water partition coefficient (Wildman–Crippen LogP) is 2.27. The summed E-state index contributed by atoms with van der Waals surface area (Å²) < 4.78 is 0. The lowest BCUT2D eigenvalue weighted by atomic mass is 9.83. The van der Waals surface area contributed by atoms with Crippen LogP contribution >= 0.6 is 11.3 Å². The van der Waals surface area contributed by atoms with E-state index in [2.05, 4.69) is 0 Å². The minimum absolute atomic E-state index is 0.221. The van der Waals surface area contributed by atoms with Crippen molar-refractivity contribution in [3.05, 3.63) is 22.4 Å². The lowest BCUT2D eigenvalue weighted by Gasteiger charge is -2.37. The first-order valence-corrected chi connectivity index (χ1v) is 7.63. The molecule has 1 aliphatic rings. The highest BCUT2D eigenvalue weighted by atomic mass is 32.1. The van der Waals surface area contributed by atoms with Crippen molar-refractivity contribution >= 4 is 17.2 Å². The molecule has 2 unspecified atom stereocenters. The molecule has 4 heteroatoms. The highest BCUT2D eigenvalue weighted by Crippen LogP contribution is 2.27. The molecule has 1 aromatic heterocycles. The summed E-state index contributed by atoms with van der Waals surface area (Å²) in [6.07, 6.45) is 5.26. The third kappa shape index (κ3) is 3.12. The summed E-state index contributed by atoms with van der Waals surface area (Å²) in [7, 11) is 1.94. The van der Waals surface area contributed by atoms with Crippen molar-refractivity contribution in [3.8, 4) is 0 Å². The maximum atomic E-state index is 12.3. The van der Waals surface area contributed by atoms with Gasteiger partial charge in [0.05, 0.1) is 6.42 Å². The van der Waals surface area contributed by atoms with Crippen LogP contribution in [0.1, 0.15) is 31.2 Å². The number of likely N-dealkylation sites (N-methyl/N-ethyl adjacent to an activating group) is 1. The van der Waals surface area contributed by atoms with Crippen LogP contribution in [0.3, 0.4) is 0 Å². The highest BCUT2D eigenvalue weighted by Gasteiger charge is 2.29. The summed E-state index contributed by atoms with van der Waals surface area (Å²) in [5.41, 5.74) is 6.95. The number of hydrogen-bond donors (Lipinski definition) is 1. The summed E-state index contributed by atoms with van der Waals surface area (Å²) in [6, 6.07) is 2.37. The second-order valence-electron chi connectivity index (χ2n) is 5.16. The van der Waals surface area contributed by atoms with E-state index in [-0.39, 0.29) is 5.91 Å². The molecule has 2 atom stereocenters. The second-order valence-corrected chi connectivity index (χ2v) is 5.94. The Hall–Kier alpha value is -0.870. The smallest absolute Gasteiger partial charge is 0.227 e. The van der Waals surface area contributed by atoms with Crippen molar-refractivity contribution in [2.75, 3.05) is 13.6 Å². The first kappa shape index (κ1) is 13.6. The molecular formula is C14H22N2OS. The number of carbonyl (C=O) groups is 1. The summed E-state index contributed by atoms with van der Waals surface area (Å²) in [6.45, 7) is 0.695.